The molecule has 0 N–H and O–H groups in total. The highest BCUT2D eigenvalue weighted by molar-refractivity contribution is 5.89. The summed E-state index contributed by atoms with van der Waals surface area (Å²) in [6.07, 6.45) is 11.2. The third-order valence-electron chi connectivity index (χ3n) is 1.56. The third-order valence-corrected chi connectivity index (χ3v) is 1.56. The highest BCUT2D eigenvalue weighted by Crippen LogP contribution is 2.21. The van der Waals surface area contributed by atoms with Crippen molar-refractivity contribution < 1.29 is 0 Å². The molecule has 0 aromatic heterocycles. The summed E-state index contributed by atoms with van der Waals surface area (Å²) in [5.74, 6) is 0. The van der Waals surface area contributed by atoms with Gasteiger partial charge in [-0.1, -0.05) is 18.2 Å². The minimum absolute atomic E-state index is 1.05. The van der Waals surface area contributed by atoms with Gasteiger partial charge in [0.2, 0.25) is 0 Å². The van der Waals surface area contributed by atoms with Crippen molar-refractivity contribution in [2.24, 2.45) is 4.99 Å². The quantitative estimate of drug-likeness (QED) is 0.459. The summed E-state index contributed by atoms with van der Waals surface area (Å²) in [5, 5.41) is 0. The van der Waals surface area contributed by atoms with E-state index >= 15 is 0 Å². The van der Waals surface area contributed by atoms with E-state index in [0.717, 1.165) is 6.42 Å². The molecule has 2 aliphatic rings. The van der Waals surface area contributed by atoms with E-state index in [4.69, 9.17) is 0 Å². The van der Waals surface area contributed by atoms with E-state index in [-0.39, 0.29) is 0 Å². The van der Waals surface area contributed by atoms with E-state index in [9.17, 15) is 0 Å². The van der Waals surface area contributed by atoms with Crippen molar-refractivity contribution in [2.75, 3.05) is 0 Å². The summed E-state index contributed by atoms with van der Waals surface area (Å²) in [6, 6.07) is 0. The summed E-state index contributed by atoms with van der Waals surface area (Å²) >= 11 is 0. The monoisotopic (exact) mass is 117 g/mol. The van der Waals surface area contributed by atoms with Gasteiger partial charge in [0.05, 0.1) is 0 Å². The Morgan fingerprint density at radius 3 is 3.33 bits per heavy atom. The van der Waals surface area contributed by atoms with Gasteiger partial charge < -0.3 is 0 Å². The van der Waals surface area contributed by atoms with E-state index in [1.54, 1.807) is 0 Å². The second-order valence-corrected chi connectivity index (χ2v) is 2.19. The molecule has 1 aliphatic carbocycles. The normalized spacial score (nSPS) is 21.3. The highest BCUT2D eigenvalue weighted by atomic mass is 14.7. The van der Waals surface area contributed by atoms with Crippen LogP contribution in [0, 0.1) is 0 Å². The molecule has 44 valence electrons. The fourth-order valence-electron chi connectivity index (χ4n) is 1.05. The number of aliphatic imine (C=N–C) groups is 1. The Labute approximate surface area is 54.1 Å². The molecule has 0 bridgehead atoms. The number of hydrogen-bond donors (Lipinski definition) is 0. The van der Waals surface area contributed by atoms with E-state index in [1.807, 2.05) is 12.4 Å². The van der Waals surface area contributed by atoms with Crippen LogP contribution in [0.5, 0.6) is 0 Å². The van der Waals surface area contributed by atoms with Gasteiger partial charge in [-0.25, -0.2) is 0 Å². The van der Waals surface area contributed by atoms with Crippen LogP contribution in [0.2, 0.25) is 0 Å². The van der Waals surface area contributed by atoms with Gasteiger partial charge in [0.15, 0.2) is 0 Å². The smallest absolute Gasteiger partial charge is 0.0343 e. The first-order chi connectivity index (χ1) is 4.47. The molecule has 1 heterocycles. The molecule has 0 spiro atoms. The van der Waals surface area contributed by atoms with Crippen molar-refractivity contribution in [1.29, 1.82) is 0 Å². The average Bonchev–Trinajstić information content (AvgIpc) is 2.33. The minimum atomic E-state index is 1.05. The average molecular weight is 117 g/mol. The lowest BCUT2D eigenvalue weighted by Crippen LogP contribution is -1.87. The first-order valence-electron chi connectivity index (χ1n) is 3.06. The van der Waals surface area contributed by atoms with Crippen LogP contribution in [0.1, 0.15) is 6.42 Å². The summed E-state index contributed by atoms with van der Waals surface area (Å²) in [6.45, 7) is 0. The Bertz CT molecular complexity index is 241. The topological polar surface area (TPSA) is 12.4 Å². The van der Waals surface area contributed by atoms with Crippen LogP contribution in [0.4, 0.5) is 0 Å². The molecule has 0 saturated carbocycles. The minimum Gasteiger partial charge on any atom is -0.264 e. The number of allylic oxidation sites excluding steroid dienone is 5. The lowest BCUT2D eigenvalue weighted by molar-refractivity contribution is 1.24. The summed E-state index contributed by atoms with van der Waals surface area (Å²) in [5.41, 5.74) is 2.62. The Morgan fingerprint density at radius 2 is 2.44 bits per heavy atom. The molecule has 1 aliphatic heterocycles. The largest absolute Gasteiger partial charge is 0.264 e. The molecule has 1 heteroatoms. The molecule has 2 rings (SSSR count). The Hall–Kier alpha value is -1.11. The highest BCUT2D eigenvalue weighted by Gasteiger charge is 2.06. The zero-order valence-electron chi connectivity index (χ0n) is 5.04. The molecule has 0 saturated heterocycles. The van der Waals surface area contributed by atoms with Crippen LogP contribution >= 0.6 is 0 Å². The molecule has 9 heavy (non-hydrogen) atoms. The van der Waals surface area contributed by atoms with Gasteiger partial charge in [0, 0.05) is 12.4 Å². The second-order valence-electron chi connectivity index (χ2n) is 2.19. The van der Waals surface area contributed by atoms with Crippen molar-refractivity contribution in [2.45, 2.75) is 6.42 Å². The first-order valence-corrected chi connectivity index (χ1v) is 3.06. The summed E-state index contributed by atoms with van der Waals surface area (Å²) in [4.78, 5) is 4.03. The summed E-state index contributed by atoms with van der Waals surface area (Å²) in [7, 11) is 0. The zero-order chi connectivity index (χ0) is 6.10. The molecule has 0 amide bonds. The molecule has 1 nitrogen and oxygen atoms in total. The molecule has 0 radical (unpaired) electrons. The number of rotatable bonds is 0. The van der Waals surface area contributed by atoms with Crippen molar-refractivity contribution in [3.05, 3.63) is 35.6 Å². The van der Waals surface area contributed by atoms with E-state index in [1.165, 1.54) is 11.1 Å². The van der Waals surface area contributed by atoms with Crippen molar-refractivity contribution >= 4 is 6.21 Å². The maximum atomic E-state index is 4.03. The van der Waals surface area contributed by atoms with Crippen LogP contribution in [0.3, 0.4) is 0 Å². The molecule has 0 unspecified atom stereocenters. The van der Waals surface area contributed by atoms with Gasteiger partial charge in [0.25, 0.3) is 0 Å². The zero-order valence-corrected chi connectivity index (χ0v) is 5.04. The molecule has 0 fully saturated rings. The van der Waals surface area contributed by atoms with E-state index in [0.29, 0.717) is 0 Å². The van der Waals surface area contributed by atoms with E-state index < -0.39 is 0 Å². The van der Waals surface area contributed by atoms with Gasteiger partial charge in [-0.15, -0.1) is 0 Å². The first kappa shape index (κ1) is 4.74. The predicted octanol–water partition coefficient (Wildman–Crippen LogP) is 1.84. The molecular weight excluding hydrogens is 110 g/mol. The summed E-state index contributed by atoms with van der Waals surface area (Å²) < 4.78 is 0. The van der Waals surface area contributed by atoms with Gasteiger partial charge >= 0.3 is 0 Å². The Kier molecular flexibility index (Phi) is 0.890. The van der Waals surface area contributed by atoms with Crippen LogP contribution in [0.15, 0.2) is 40.6 Å². The lowest BCUT2D eigenvalue weighted by atomic mass is 10.0. The standard InChI is InChI=1S/C8H7N/c1-2-4-8-6-9-5-7(8)3-1/h1-3,5-6H,4H2. The van der Waals surface area contributed by atoms with Gasteiger partial charge in [-0.3, -0.25) is 4.99 Å². The number of hydrogen-bond acceptors (Lipinski definition) is 1. The lowest BCUT2D eigenvalue weighted by Gasteiger charge is -2.01. The third kappa shape index (κ3) is 0.653. The van der Waals surface area contributed by atoms with E-state index in [2.05, 4.69) is 23.2 Å². The Morgan fingerprint density at radius 1 is 1.44 bits per heavy atom. The number of fused-ring (bicyclic) bond motifs is 1. The molecular formula is C8H7N. The van der Waals surface area contributed by atoms with Gasteiger partial charge in [-0.2, -0.15) is 0 Å². The SMILES string of the molecule is C1=CCC2=CN=CC2=C1. The maximum absolute atomic E-state index is 4.03. The fraction of sp³-hybridized carbons (Fsp3) is 0.125. The van der Waals surface area contributed by atoms with Crippen LogP contribution in [-0.4, -0.2) is 6.21 Å². The van der Waals surface area contributed by atoms with Crippen LogP contribution in [0.25, 0.3) is 0 Å². The fourth-order valence-corrected chi connectivity index (χ4v) is 1.05. The second kappa shape index (κ2) is 1.69. The van der Waals surface area contributed by atoms with Crippen molar-refractivity contribution in [1.82, 2.24) is 0 Å². The molecule has 0 aromatic carbocycles. The van der Waals surface area contributed by atoms with Gasteiger partial charge in [0.1, 0.15) is 0 Å². The maximum Gasteiger partial charge on any atom is 0.0343 e. The van der Waals surface area contributed by atoms with Crippen LogP contribution < -0.4 is 0 Å². The van der Waals surface area contributed by atoms with Crippen molar-refractivity contribution in [3.8, 4) is 0 Å². The number of nitrogens with zero attached hydrogens (tertiary/aromatic N) is 1. The van der Waals surface area contributed by atoms with Gasteiger partial charge in [-0.05, 0) is 17.6 Å². The predicted molar refractivity (Wildman–Crippen MR) is 38.4 cm³/mol. The van der Waals surface area contributed by atoms with Crippen LogP contribution in [-0.2, 0) is 0 Å². The Balaban J connectivity index is 2.46. The van der Waals surface area contributed by atoms with Crippen molar-refractivity contribution in [3.63, 3.8) is 0 Å². The molecule has 0 atom stereocenters. The molecule has 0 aromatic rings.